The topological polar surface area (TPSA) is 79.0 Å². The number of rotatable bonds is 6. The lowest BCUT2D eigenvalue weighted by molar-refractivity contribution is -0.118. The van der Waals surface area contributed by atoms with Gasteiger partial charge in [0.15, 0.2) is 0 Å². The number of amides is 1. The number of carbonyl (C=O) groups excluding carboxylic acids is 1. The van der Waals surface area contributed by atoms with Crippen molar-refractivity contribution in [2.45, 2.75) is 24.9 Å². The van der Waals surface area contributed by atoms with E-state index in [1.54, 1.807) is 13.3 Å². The number of ether oxygens (including phenoxy) is 1. The fourth-order valence-corrected chi connectivity index (χ4v) is 2.84. The van der Waals surface area contributed by atoms with Gasteiger partial charge in [0.25, 0.3) is 0 Å². The molecule has 0 bridgehead atoms. The molecule has 1 aliphatic carbocycles. The Labute approximate surface area is 145 Å². The van der Waals surface area contributed by atoms with Crippen LogP contribution >= 0.6 is 0 Å². The lowest BCUT2D eigenvalue weighted by atomic mass is 10.1. The van der Waals surface area contributed by atoms with E-state index in [0.717, 1.165) is 40.7 Å². The van der Waals surface area contributed by atoms with Gasteiger partial charge in [-0.3, -0.25) is 15.2 Å². The summed E-state index contributed by atoms with van der Waals surface area (Å²) >= 11 is 0. The molecule has 25 heavy (non-hydrogen) atoms. The highest BCUT2D eigenvalue weighted by atomic mass is 16.5. The lowest BCUT2D eigenvalue weighted by Crippen LogP contribution is -2.34. The number of hydrogen-bond donors (Lipinski definition) is 3. The quantitative estimate of drug-likeness (QED) is 0.646. The number of nitrogens with one attached hydrogen (secondary N) is 3. The van der Waals surface area contributed by atoms with E-state index in [9.17, 15) is 4.79 Å². The lowest BCUT2D eigenvalue weighted by Gasteiger charge is -2.19. The van der Waals surface area contributed by atoms with Gasteiger partial charge < -0.3 is 10.1 Å². The molecule has 1 atom stereocenters. The number of aromatic nitrogens is 2. The van der Waals surface area contributed by atoms with E-state index < -0.39 is 6.04 Å². The standard InChI is InChI=1S/C19H20N4O2/c1-25-16-7-2-12(3-8-16)18(21-14-4-5-14)19(24)22-15-6-9-17-13(10-15)11-20-23-17/h2-3,6-11,14,18,21H,4-5H2,1H3,(H,20,23)(H,22,24). The van der Waals surface area contributed by atoms with Crippen LogP contribution in [0, 0.1) is 0 Å². The first kappa shape index (κ1) is 15.7. The summed E-state index contributed by atoms with van der Waals surface area (Å²) in [5.41, 5.74) is 2.63. The molecular weight excluding hydrogens is 316 g/mol. The van der Waals surface area contributed by atoms with Gasteiger partial charge in [-0.15, -0.1) is 0 Å². The highest BCUT2D eigenvalue weighted by Crippen LogP contribution is 2.27. The van der Waals surface area contributed by atoms with Crippen molar-refractivity contribution in [3.8, 4) is 5.75 Å². The number of nitrogens with zero attached hydrogens (tertiary/aromatic N) is 1. The summed E-state index contributed by atoms with van der Waals surface area (Å²) in [6, 6.07) is 13.3. The first-order chi connectivity index (χ1) is 12.2. The fraction of sp³-hybridized carbons (Fsp3) is 0.263. The molecular formula is C19H20N4O2. The molecule has 3 aromatic rings. The monoisotopic (exact) mass is 336 g/mol. The number of fused-ring (bicyclic) bond motifs is 1. The summed E-state index contributed by atoms with van der Waals surface area (Å²) in [7, 11) is 1.63. The molecule has 1 saturated carbocycles. The molecule has 6 nitrogen and oxygen atoms in total. The van der Waals surface area contributed by atoms with Crippen LogP contribution in [0.4, 0.5) is 5.69 Å². The van der Waals surface area contributed by atoms with Gasteiger partial charge in [0, 0.05) is 17.1 Å². The Morgan fingerprint density at radius 1 is 1.24 bits per heavy atom. The van der Waals surface area contributed by atoms with Crippen LogP contribution in [0.3, 0.4) is 0 Å². The van der Waals surface area contributed by atoms with E-state index >= 15 is 0 Å². The molecule has 0 aliphatic heterocycles. The van der Waals surface area contributed by atoms with E-state index in [1.165, 1.54) is 0 Å². The van der Waals surface area contributed by atoms with Gasteiger partial charge in [-0.05, 0) is 48.7 Å². The highest BCUT2D eigenvalue weighted by molar-refractivity contribution is 5.97. The van der Waals surface area contributed by atoms with Crippen molar-refractivity contribution in [3.05, 3.63) is 54.2 Å². The predicted molar refractivity (Wildman–Crippen MR) is 96.6 cm³/mol. The Hall–Kier alpha value is -2.86. The van der Waals surface area contributed by atoms with Crippen LogP contribution in [0.25, 0.3) is 10.9 Å². The molecule has 2 aromatic carbocycles. The number of benzene rings is 2. The third kappa shape index (κ3) is 3.49. The minimum atomic E-state index is -0.390. The predicted octanol–water partition coefficient (Wildman–Crippen LogP) is 3.00. The summed E-state index contributed by atoms with van der Waals surface area (Å²) in [6.07, 6.45) is 3.97. The molecule has 1 fully saturated rings. The minimum Gasteiger partial charge on any atom is -0.497 e. The second-order valence-corrected chi connectivity index (χ2v) is 6.31. The number of aromatic amines is 1. The Balaban J connectivity index is 1.55. The number of H-pyrrole nitrogens is 1. The van der Waals surface area contributed by atoms with Crippen molar-refractivity contribution < 1.29 is 9.53 Å². The van der Waals surface area contributed by atoms with E-state index in [1.807, 2.05) is 42.5 Å². The smallest absolute Gasteiger partial charge is 0.246 e. The molecule has 4 rings (SSSR count). The maximum absolute atomic E-state index is 12.9. The molecule has 3 N–H and O–H groups in total. The minimum absolute atomic E-state index is 0.0695. The maximum atomic E-state index is 12.9. The molecule has 0 spiro atoms. The second-order valence-electron chi connectivity index (χ2n) is 6.31. The molecule has 0 radical (unpaired) electrons. The third-order valence-corrected chi connectivity index (χ3v) is 4.40. The second kappa shape index (κ2) is 6.57. The first-order valence-electron chi connectivity index (χ1n) is 8.37. The van der Waals surface area contributed by atoms with Crippen LogP contribution in [0.5, 0.6) is 5.75 Å². The van der Waals surface area contributed by atoms with E-state index in [0.29, 0.717) is 6.04 Å². The molecule has 1 heterocycles. The molecule has 0 saturated heterocycles. The van der Waals surface area contributed by atoms with Crippen molar-refractivity contribution in [2.75, 3.05) is 12.4 Å². The highest BCUT2D eigenvalue weighted by Gasteiger charge is 2.29. The Kier molecular flexibility index (Phi) is 4.11. The largest absolute Gasteiger partial charge is 0.497 e. The van der Waals surface area contributed by atoms with Crippen LogP contribution in [-0.4, -0.2) is 29.3 Å². The van der Waals surface area contributed by atoms with E-state index in [2.05, 4.69) is 20.8 Å². The SMILES string of the molecule is COc1ccc(C(NC2CC2)C(=O)Nc2ccc3[nH]ncc3c2)cc1. The van der Waals surface area contributed by atoms with Crippen molar-refractivity contribution >= 4 is 22.5 Å². The fourth-order valence-electron chi connectivity index (χ4n) is 2.84. The van der Waals surface area contributed by atoms with Gasteiger partial charge >= 0.3 is 0 Å². The Bertz CT molecular complexity index is 884. The molecule has 128 valence electrons. The summed E-state index contributed by atoms with van der Waals surface area (Å²) in [5.74, 6) is 0.708. The number of hydrogen-bond acceptors (Lipinski definition) is 4. The van der Waals surface area contributed by atoms with Crippen molar-refractivity contribution in [1.82, 2.24) is 15.5 Å². The summed E-state index contributed by atoms with van der Waals surface area (Å²) in [4.78, 5) is 12.9. The third-order valence-electron chi connectivity index (χ3n) is 4.40. The average Bonchev–Trinajstić information content (AvgIpc) is 3.34. The molecule has 6 heteroatoms. The Morgan fingerprint density at radius 3 is 2.76 bits per heavy atom. The average molecular weight is 336 g/mol. The Morgan fingerprint density at radius 2 is 2.04 bits per heavy atom. The van der Waals surface area contributed by atoms with Gasteiger partial charge in [0.05, 0.1) is 18.8 Å². The molecule has 1 amide bonds. The van der Waals surface area contributed by atoms with Gasteiger partial charge in [-0.25, -0.2) is 0 Å². The summed E-state index contributed by atoms with van der Waals surface area (Å²) < 4.78 is 5.20. The van der Waals surface area contributed by atoms with Crippen molar-refractivity contribution in [1.29, 1.82) is 0 Å². The van der Waals surface area contributed by atoms with E-state index in [-0.39, 0.29) is 5.91 Å². The van der Waals surface area contributed by atoms with Crippen molar-refractivity contribution in [3.63, 3.8) is 0 Å². The first-order valence-corrected chi connectivity index (χ1v) is 8.37. The zero-order valence-corrected chi connectivity index (χ0v) is 14.0. The number of anilines is 1. The van der Waals surface area contributed by atoms with Crippen molar-refractivity contribution in [2.24, 2.45) is 0 Å². The maximum Gasteiger partial charge on any atom is 0.246 e. The van der Waals surface area contributed by atoms with Crippen LogP contribution in [0.1, 0.15) is 24.4 Å². The molecule has 1 unspecified atom stereocenters. The zero-order valence-electron chi connectivity index (χ0n) is 14.0. The number of carbonyl (C=O) groups is 1. The van der Waals surface area contributed by atoms with Gasteiger partial charge in [0.1, 0.15) is 11.8 Å². The normalized spacial score (nSPS) is 15.1. The van der Waals surface area contributed by atoms with Crippen LogP contribution in [-0.2, 0) is 4.79 Å². The summed E-state index contributed by atoms with van der Waals surface area (Å²) in [5, 5.41) is 14.3. The van der Waals surface area contributed by atoms with Gasteiger partial charge in [-0.2, -0.15) is 5.10 Å². The molecule has 1 aliphatic rings. The van der Waals surface area contributed by atoms with Crippen LogP contribution in [0.15, 0.2) is 48.7 Å². The van der Waals surface area contributed by atoms with E-state index in [4.69, 9.17) is 4.74 Å². The summed E-state index contributed by atoms with van der Waals surface area (Å²) in [6.45, 7) is 0. The van der Waals surface area contributed by atoms with Gasteiger partial charge in [-0.1, -0.05) is 12.1 Å². The zero-order chi connectivity index (χ0) is 17.2. The van der Waals surface area contributed by atoms with Crippen LogP contribution in [0.2, 0.25) is 0 Å². The molecule has 1 aromatic heterocycles. The van der Waals surface area contributed by atoms with Crippen LogP contribution < -0.4 is 15.4 Å². The van der Waals surface area contributed by atoms with Gasteiger partial charge in [0.2, 0.25) is 5.91 Å². The number of methoxy groups -OCH3 is 1.